The van der Waals surface area contributed by atoms with Gasteiger partial charge in [0, 0.05) is 18.6 Å². The zero-order valence-corrected chi connectivity index (χ0v) is 11.0. The topological polar surface area (TPSA) is 80.0 Å². The summed E-state index contributed by atoms with van der Waals surface area (Å²) < 4.78 is 1.60. The number of pyridine rings is 1. The van der Waals surface area contributed by atoms with Crippen molar-refractivity contribution in [3.05, 3.63) is 66.6 Å². The molecule has 0 fully saturated rings. The quantitative estimate of drug-likeness (QED) is 0.771. The van der Waals surface area contributed by atoms with Gasteiger partial charge in [0.25, 0.3) is 5.91 Å². The lowest BCUT2D eigenvalue weighted by atomic mass is 10.1. The molecule has 0 atom stereocenters. The van der Waals surface area contributed by atoms with E-state index in [0.29, 0.717) is 11.3 Å². The van der Waals surface area contributed by atoms with Gasteiger partial charge in [0.15, 0.2) is 11.6 Å². The van der Waals surface area contributed by atoms with E-state index in [4.69, 9.17) is 0 Å². The minimum Gasteiger partial charge on any atom is -0.504 e. The van der Waals surface area contributed by atoms with Crippen LogP contribution in [0.3, 0.4) is 0 Å². The number of rotatable bonds is 3. The normalized spacial score (nSPS) is 10.3. The van der Waals surface area contributed by atoms with E-state index in [-0.39, 0.29) is 17.5 Å². The van der Waals surface area contributed by atoms with E-state index >= 15 is 0 Å². The minimum absolute atomic E-state index is 0.0811. The van der Waals surface area contributed by atoms with E-state index in [9.17, 15) is 9.90 Å². The van der Waals surface area contributed by atoms with Gasteiger partial charge < -0.3 is 10.4 Å². The fraction of sp³-hybridized carbons (Fsp3) is 0. The Hall–Kier alpha value is -3.15. The van der Waals surface area contributed by atoms with Crippen LogP contribution >= 0.6 is 0 Å². The lowest BCUT2D eigenvalue weighted by Gasteiger charge is -2.10. The molecule has 0 unspecified atom stereocenters. The number of nitrogens with zero attached hydrogens (tertiary/aromatic N) is 3. The molecule has 2 N–H and O–H groups in total. The summed E-state index contributed by atoms with van der Waals surface area (Å²) in [5, 5.41) is 16.4. The van der Waals surface area contributed by atoms with Crippen molar-refractivity contribution in [2.24, 2.45) is 0 Å². The molecule has 0 spiro atoms. The Bertz CT molecular complexity index is 769. The molecule has 0 bridgehead atoms. The van der Waals surface area contributed by atoms with Crippen molar-refractivity contribution in [1.29, 1.82) is 0 Å². The summed E-state index contributed by atoms with van der Waals surface area (Å²) in [4.78, 5) is 16.3. The number of para-hydroxylation sites is 1. The van der Waals surface area contributed by atoms with Gasteiger partial charge in [0.2, 0.25) is 0 Å². The van der Waals surface area contributed by atoms with Gasteiger partial charge in [0.1, 0.15) is 0 Å². The number of carbonyl (C=O) groups is 1. The number of aromatic nitrogens is 3. The number of benzene rings is 1. The standard InChI is InChI=1S/C15H12N4O2/c20-13-7-3-8-16-14(13)18-15(21)11-5-1-2-6-12(11)19-10-4-9-17-19/h1-10,20H,(H,16,18,21). The molecule has 2 aromatic heterocycles. The summed E-state index contributed by atoms with van der Waals surface area (Å²) in [5.41, 5.74) is 1.08. The molecule has 1 amide bonds. The Morgan fingerprint density at radius 3 is 2.71 bits per heavy atom. The van der Waals surface area contributed by atoms with Gasteiger partial charge in [-0.25, -0.2) is 9.67 Å². The van der Waals surface area contributed by atoms with Crippen LogP contribution in [0.25, 0.3) is 5.69 Å². The van der Waals surface area contributed by atoms with Crippen LogP contribution in [0.5, 0.6) is 5.75 Å². The predicted octanol–water partition coefficient (Wildman–Crippen LogP) is 2.23. The van der Waals surface area contributed by atoms with Gasteiger partial charge >= 0.3 is 0 Å². The van der Waals surface area contributed by atoms with Crippen LogP contribution in [0.4, 0.5) is 5.82 Å². The number of amides is 1. The van der Waals surface area contributed by atoms with Crippen LogP contribution in [-0.4, -0.2) is 25.8 Å². The largest absolute Gasteiger partial charge is 0.504 e. The number of hydrogen-bond acceptors (Lipinski definition) is 4. The van der Waals surface area contributed by atoms with Gasteiger partial charge in [-0.05, 0) is 30.3 Å². The number of hydrogen-bond donors (Lipinski definition) is 2. The lowest BCUT2D eigenvalue weighted by Crippen LogP contribution is -2.16. The van der Waals surface area contributed by atoms with Gasteiger partial charge in [-0.1, -0.05) is 12.1 Å². The second-order valence-corrected chi connectivity index (χ2v) is 4.29. The highest BCUT2D eigenvalue weighted by atomic mass is 16.3. The summed E-state index contributed by atoms with van der Waals surface area (Å²) in [6.45, 7) is 0. The van der Waals surface area contributed by atoms with E-state index in [1.54, 1.807) is 47.4 Å². The summed E-state index contributed by atoms with van der Waals surface area (Å²) >= 11 is 0. The van der Waals surface area contributed by atoms with Crippen molar-refractivity contribution in [3.63, 3.8) is 0 Å². The Labute approximate surface area is 120 Å². The van der Waals surface area contributed by atoms with E-state index in [2.05, 4.69) is 15.4 Å². The molecule has 1 aromatic carbocycles. The SMILES string of the molecule is O=C(Nc1ncccc1O)c1ccccc1-n1cccn1. The molecular formula is C15H12N4O2. The third-order valence-corrected chi connectivity index (χ3v) is 2.92. The van der Waals surface area contributed by atoms with Crippen LogP contribution in [-0.2, 0) is 0 Å². The number of anilines is 1. The molecule has 0 saturated heterocycles. The molecule has 6 heteroatoms. The second kappa shape index (κ2) is 5.46. The highest BCUT2D eigenvalue weighted by Gasteiger charge is 2.14. The summed E-state index contributed by atoms with van der Waals surface area (Å²) in [6.07, 6.45) is 4.89. The van der Waals surface area contributed by atoms with Crippen LogP contribution in [0, 0.1) is 0 Å². The number of aromatic hydroxyl groups is 1. The molecule has 3 rings (SSSR count). The van der Waals surface area contributed by atoms with Crippen molar-refractivity contribution in [2.75, 3.05) is 5.32 Å². The fourth-order valence-corrected chi connectivity index (χ4v) is 1.94. The summed E-state index contributed by atoms with van der Waals surface area (Å²) in [7, 11) is 0. The van der Waals surface area contributed by atoms with Gasteiger partial charge in [-0.2, -0.15) is 5.10 Å². The highest BCUT2D eigenvalue weighted by molar-refractivity contribution is 6.06. The summed E-state index contributed by atoms with van der Waals surface area (Å²) in [5.74, 6) is -0.324. The Morgan fingerprint density at radius 1 is 1.10 bits per heavy atom. The van der Waals surface area contributed by atoms with Crippen LogP contribution in [0.2, 0.25) is 0 Å². The zero-order valence-electron chi connectivity index (χ0n) is 11.0. The molecule has 2 heterocycles. The maximum atomic E-state index is 12.4. The molecule has 0 aliphatic heterocycles. The van der Waals surface area contributed by atoms with Crippen LogP contribution in [0.15, 0.2) is 61.1 Å². The van der Waals surface area contributed by atoms with Crippen molar-refractivity contribution < 1.29 is 9.90 Å². The van der Waals surface area contributed by atoms with Crippen LogP contribution in [0.1, 0.15) is 10.4 Å². The first kappa shape index (κ1) is 12.9. The average molecular weight is 280 g/mol. The maximum absolute atomic E-state index is 12.4. The van der Waals surface area contributed by atoms with Crippen LogP contribution < -0.4 is 5.32 Å². The third-order valence-electron chi connectivity index (χ3n) is 2.92. The number of carbonyl (C=O) groups excluding carboxylic acids is 1. The Balaban J connectivity index is 1.94. The molecule has 0 radical (unpaired) electrons. The van der Waals surface area contributed by atoms with E-state index in [1.807, 2.05) is 6.07 Å². The van der Waals surface area contributed by atoms with Crippen molar-refractivity contribution >= 4 is 11.7 Å². The molecule has 0 saturated carbocycles. The third kappa shape index (κ3) is 2.59. The fourth-order valence-electron chi connectivity index (χ4n) is 1.94. The molecular weight excluding hydrogens is 268 g/mol. The first-order chi connectivity index (χ1) is 10.3. The Kier molecular flexibility index (Phi) is 3.34. The average Bonchev–Trinajstić information content (AvgIpc) is 3.04. The van der Waals surface area contributed by atoms with Gasteiger partial charge in [0.05, 0.1) is 11.3 Å². The smallest absolute Gasteiger partial charge is 0.259 e. The first-order valence-corrected chi connectivity index (χ1v) is 6.30. The van der Waals surface area contributed by atoms with E-state index < -0.39 is 0 Å². The molecule has 104 valence electrons. The summed E-state index contributed by atoms with van der Waals surface area (Å²) in [6, 6.07) is 11.9. The van der Waals surface area contributed by atoms with E-state index in [1.165, 1.54) is 12.3 Å². The molecule has 0 aliphatic carbocycles. The minimum atomic E-state index is -0.366. The first-order valence-electron chi connectivity index (χ1n) is 6.30. The molecule has 21 heavy (non-hydrogen) atoms. The van der Waals surface area contributed by atoms with Crippen molar-refractivity contribution in [2.45, 2.75) is 0 Å². The Morgan fingerprint density at radius 2 is 1.95 bits per heavy atom. The number of nitrogens with one attached hydrogen (secondary N) is 1. The van der Waals surface area contributed by atoms with Crippen molar-refractivity contribution in [1.82, 2.24) is 14.8 Å². The predicted molar refractivity (Wildman–Crippen MR) is 77.4 cm³/mol. The maximum Gasteiger partial charge on any atom is 0.259 e. The van der Waals surface area contributed by atoms with Crippen molar-refractivity contribution in [3.8, 4) is 11.4 Å². The zero-order chi connectivity index (χ0) is 14.7. The van der Waals surface area contributed by atoms with Gasteiger partial charge in [-0.3, -0.25) is 4.79 Å². The molecule has 3 aromatic rings. The van der Waals surface area contributed by atoms with Gasteiger partial charge in [-0.15, -0.1) is 0 Å². The monoisotopic (exact) mass is 280 g/mol. The highest BCUT2D eigenvalue weighted by Crippen LogP contribution is 2.21. The molecule has 0 aliphatic rings. The second-order valence-electron chi connectivity index (χ2n) is 4.29. The van der Waals surface area contributed by atoms with E-state index in [0.717, 1.165) is 0 Å². The lowest BCUT2D eigenvalue weighted by molar-refractivity contribution is 0.102. The molecule has 6 nitrogen and oxygen atoms in total.